The summed E-state index contributed by atoms with van der Waals surface area (Å²) < 4.78 is 0. The summed E-state index contributed by atoms with van der Waals surface area (Å²) in [5, 5.41) is 0.768. The second kappa shape index (κ2) is 10.6. The third-order valence-corrected chi connectivity index (χ3v) is 5.04. The van der Waals surface area contributed by atoms with Gasteiger partial charge in [0.25, 0.3) is 0 Å². The summed E-state index contributed by atoms with van der Waals surface area (Å²) in [4.78, 5) is 16.7. The second-order valence-corrected chi connectivity index (χ2v) is 7.16. The van der Waals surface area contributed by atoms with Crippen molar-refractivity contribution in [2.75, 3.05) is 31.1 Å². The summed E-state index contributed by atoms with van der Waals surface area (Å²) in [7, 11) is 0. The molecule has 3 nitrogen and oxygen atoms in total. The molecule has 1 aliphatic heterocycles. The standard InChI is InChI=1S/C20H31ClN2O/c1-2-3-4-5-6-7-8-12-20(24)23-15-13-22(14-16-23)19-11-9-10-18(21)17-19/h9-11,17H,2-8,12-16H2,1H3. The van der Waals surface area contributed by atoms with E-state index >= 15 is 0 Å². The molecule has 1 aliphatic rings. The molecule has 0 spiro atoms. The summed E-state index contributed by atoms with van der Waals surface area (Å²) in [6.45, 7) is 5.67. The first-order chi connectivity index (χ1) is 11.7. The monoisotopic (exact) mass is 350 g/mol. The molecule has 1 fully saturated rings. The molecule has 0 unspecified atom stereocenters. The van der Waals surface area contributed by atoms with Crippen molar-refractivity contribution in [3.63, 3.8) is 0 Å². The fraction of sp³-hybridized carbons (Fsp3) is 0.650. The van der Waals surface area contributed by atoms with Crippen molar-refractivity contribution in [3.05, 3.63) is 29.3 Å². The molecule has 1 saturated heterocycles. The summed E-state index contributed by atoms with van der Waals surface area (Å²) in [5.74, 6) is 0.328. The molecule has 1 aromatic carbocycles. The molecule has 1 aromatic rings. The number of carbonyl (C=O) groups is 1. The van der Waals surface area contributed by atoms with Crippen LogP contribution in [0.5, 0.6) is 0 Å². The number of nitrogens with zero attached hydrogens (tertiary/aromatic N) is 2. The van der Waals surface area contributed by atoms with E-state index in [0.29, 0.717) is 12.3 Å². The van der Waals surface area contributed by atoms with Crippen LogP contribution in [0.2, 0.25) is 5.02 Å². The van der Waals surface area contributed by atoms with Crippen LogP contribution in [0, 0.1) is 0 Å². The number of amides is 1. The lowest BCUT2D eigenvalue weighted by Gasteiger charge is -2.36. The number of hydrogen-bond donors (Lipinski definition) is 0. The fourth-order valence-corrected chi connectivity index (χ4v) is 3.46. The van der Waals surface area contributed by atoms with Gasteiger partial charge in [-0.3, -0.25) is 4.79 Å². The van der Waals surface area contributed by atoms with Gasteiger partial charge in [0.15, 0.2) is 0 Å². The van der Waals surface area contributed by atoms with E-state index in [-0.39, 0.29) is 0 Å². The minimum atomic E-state index is 0.328. The molecule has 0 bridgehead atoms. The van der Waals surface area contributed by atoms with E-state index in [1.54, 1.807) is 0 Å². The summed E-state index contributed by atoms with van der Waals surface area (Å²) >= 11 is 6.06. The normalized spacial score (nSPS) is 14.9. The number of unbranched alkanes of at least 4 members (excludes halogenated alkanes) is 6. The van der Waals surface area contributed by atoms with Crippen LogP contribution in [0.1, 0.15) is 58.3 Å². The number of anilines is 1. The molecule has 24 heavy (non-hydrogen) atoms. The smallest absolute Gasteiger partial charge is 0.222 e. The lowest BCUT2D eigenvalue weighted by molar-refractivity contribution is -0.131. The van der Waals surface area contributed by atoms with Gasteiger partial charge in [-0.05, 0) is 24.6 Å². The molecule has 0 N–H and O–H groups in total. The van der Waals surface area contributed by atoms with Crippen LogP contribution < -0.4 is 4.90 Å². The second-order valence-electron chi connectivity index (χ2n) is 6.72. The Morgan fingerprint density at radius 2 is 1.67 bits per heavy atom. The van der Waals surface area contributed by atoms with E-state index in [1.807, 2.05) is 23.1 Å². The largest absolute Gasteiger partial charge is 0.368 e. The average molecular weight is 351 g/mol. The fourth-order valence-electron chi connectivity index (χ4n) is 3.28. The zero-order valence-corrected chi connectivity index (χ0v) is 15.7. The van der Waals surface area contributed by atoms with Crippen molar-refractivity contribution in [2.24, 2.45) is 0 Å². The van der Waals surface area contributed by atoms with Gasteiger partial charge in [-0.15, -0.1) is 0 Å². The first-order valence-corrected chi connectivity index (χ1v) is 9.87. The maximum absolute atomic E-state index is 12.3. The van der Waals surface area contributed by atoms with E-state index in [1.165, 1.54) is 38.5 Å². The van der Waals surface area contributed by atoms with Gasteiger partial charge in [0.1, 0.15) is 0 Å². The van der Waals surface area contributed by atoms with Crippen LogP contribution in [0.4, 0.5) is 5.69 Å². The number of carbonyl (C=O) groups excluding carboxylic acids is 1. The van der Waals surface area contributed by atoms with Gasteiger partial charge < -0.3 is 9.80 Å². The van der Waals surface area contributed by atoms with Crippen molar-refractivity contribution < 1.29 is 4.79 Å². The lowest BCUT2D eigenvalue weighted by atomic mass is 10.1. The van der Waals surface area contributed by atoms with E-state index in [2.05, 4.69) is 17.9 Å². The number of piperazine rings is 1. The minimum Gasteiger partial charge on any atom is -0.368 e. The molecule has 0 radical (unpaired) electrons. The van der Waals surface area contributed by atoms with Gasteiger partial charge in [0.2, 0.25) is 5.91 Å². The predicted molar refractivity (Wildman–Crippen MR) is 103 cm³/mol. The maximum Gasteiger partial charge on any atom is 0.222 e. The predicted octanol–water partition coefficient (Wildman–Crippen LogP) is 5.13. The highest BCUT2D eigenvalue weighted by Crippen LogP contribution is 2.21. The van der Waals surface area contributed by atoms with Crippen molar-refractivity contribution in [1.29, 1.82) is 0 Å². The van der Waals surface area contributed by atoms with Gasteiger partial charge in [0, 0.05) is 43.3 Å². The molecule has 0 saturated carbocycles. The van der Waals surface area contributed by atoms with E-state index in [0.717, 1.165) is 43.3 Å². The Hall–Kier alpha value is -1.22. The van der Waals surface area contributed by atoms with Crippen LogP contribution in [0.3, 0.4) is 0 Å². The number of hydrogen-bond acceptors (Lipinski definition) is 2. The molecular weight excluding hydrogens is 320 g/mol. The average Bonchev–Trinajstić information content (AvgIpc) is 2.61. The van der Waals surface area contributed by atoms with Gasteiger partial charge >= 0.3 is 0 Å². The number of halogens is 1. The minimum absolute atomic E-state index is 0.328. The van der Waals surface area contributed by atoms with Gasteiger partial charge in [-0.25, -0.2) is 0 Å². The molecule has 2 rings (SSSR count). The number of rotatable bonds is 9. The number of benzene rings is 1. The molecule has 0 aromatic heterocycles. The van der Waals surface area contributed by atoms with Crippen LogP contribution in [-0.2, 0) is 4.79 Å². The van der Waals surface area contributed by atoms with E-state index in [9.17, 15) is 4.79 Å². The summed E-state index contributed by atoms with van der Waals surface area (Å²) in [5.41, 5.74) is 1.15. The van der Waals surface area contributed by atoms with Crippen LogP contribution in [0.25, 0.3) is 0 Å². The Morgan fingerprint density at radius 3 is 2.33 bits per heavy atom. The van der Waals surface area contributed by atoms with Gasteiger partial charge in [-0.2, -0.15) is 0 Å². The van der Waals surface area contributed by atoms with Crippen LogP contribution in [-0.4, -0.2) is 37.0 Å². The highest BCUT2D eigenvalue weighted by atomic mass is 35.5. The zero-order valence-electron chi connectivity index (χ0n) is 15.0. The Morgan fingerprint density at radius 1 is 1.00 bits per heavy atom. The summed E-state index contributed by atoms with van der Waals surface area (Å²) in [6, 6.07) is 7.96. The Bertz CT molecular complexity index is 498. The molecular formula is C20H31ClN2O. The highest BCUT2D eigenvalue weighted by molar-refractivity contribution is 6.30. The van der Waals surface area contributed by atoms with E-state index < -0.39 is 0 Å². The first-order valence-electron chi connectivity index (χ1n) is 9.49. The SMILES string of the molecule is CCCCCCCCCC(=O)N1CCN(c2cccc(Cl)c2)CC1. The molecule has 0 aliphatic carbocycles. The molecule has 1 amide bonds. The highest BCUT2D eigenvalue weighted by Gasteiger charge is 2.20. The van der Waals surface area contributed by atoms with Crippen molar-refractivity contribution in [1.82, 2.24) is 4.90 Å². The quantitative estimate of drug-likeness (QED) is 0.576. The van der Waals surface area contributed by atoms with Gasteiger partial charge in [-0.1, -0.05) is 63.1 Å². The van der Waals surface area contributed by atoms with Crippen molar-refractivity contribution in [3.8, 4) is 0 Å². The molecule has 4 heteroatoms. The van der Waals surface area contributed by atoms with Crippen molar-refractivity contribution >= 4 is 23.2 Å². The van der Waals surface area contributed by atoms with Gasteiger partial charge in [0.05, 0.1) is 0 Å². The van der Waals surface area contributed by atoms with Crippen molar-refractivity contribution in [2.45, 2.75) is 58.3 Å². The molecule has 1 heterocycles. The third-order valence-electron chi connectivity index (χ3n) is 4.80. The molecule has 134 valence electrons. The third kappa shape index (κ3) is 6.35. The lowest BCUT2D eigenvalue weighted by Crippen LogP contribution is -2.48. The zero-order chi connectivity index (χ0) is 17.2. The Balaban J connectivity index is 1.62. The topological polar surface area (TPSA) is 23.6 Å². The van der Waals surface area contributed by atoms with Crippen LogP contribution in [0.15, 0.2) is 24.3 Å². The first kappa shape index (κ1) is 19.1. The Labute approximate surface area is 152 Å². The Kier molecular flexibility index (Phi) is 8.44. The maximum atomic E-state index is 12.3. The molecule has 0 atom stereocenters. The van der Waals surface area contributed by atoms with Crippen LogP contribution >= 0.6 is 11.6 Å². The van der Waals surface area contributed by atoms with E-state index in [4.69, 9.17) is 11.6 Å². The summed E-state index contributed by atoms with van der Waals surface area (Å²) in [6.07, 6.45) is 9.52.